The second kappa shape index (κ2) is 10.1. The molecule has 9 heteroatoms. The quantitative estimate of drug-likeness (QED) is 0.463. The van der Waals surface area contributed by atoms with E-state index >= 15 is 0 Å². The molecule has 0 radical (unpaired) electrons. The van der Waals surface area contributed by atoms with Crippen molar-refractivity contribution in [1.82, 2.24) is 4.72 Å². The standard InChI is InChI=1S/C22H21N3O4S2/c1-2-29-19-12-8-17(9-13-19)23-22(30)24-18-10-14-20(15-11-18)31(27,28)25-21(26)16-6-4-3-5-7-16/h3-15H,2H2,1H3,(H,25,26)(H2,23,24,30). The van der Waals surface area contributed by atoms with Crippen molar-refractivity contribution >= 4 is 44.6 Å². The first-order valence-electron chi connectivity index (χ1n) is 9.40. The van der Waals surface area contributed by atoms with Gasteiger partial charge in [0.05, 0.1) is 11.5 Å². The fraction of sp³-hybridized carbons (Fsp3) is 0.0909. The van der Waals surface area contributed by atoms with Crippen molar-refractivity contribution in [2.75, 3.05) is 17.2 Å². The number of hydrogen-bond donors (Lipinski definition) is 3. The lowest BCUT2D eigenvalue weighted by Crippen LogP contribution is -2.30. The van der Waals surface area contributed by atoms with E-state index in [9.17, 15) is 13.2 Å². The molecule has 0 aliphatic carbocycles. The summed E-state index contributed by atoms with van der Waals surface area (Å²) in [6.07, 6.45) is 0. The molecule has 7 nitrogen and oxygen atoms in total. The Labute approximate surface area is 186 Å². The number of benzene rings is 3. The fourth-order valence-electron chi connectivity index (χ4n) is 2.64. The summed E-state index contributed by atoms with van der Waals surface area (Å²) in [5, 5.41) is 6.37. The van der Waals surface area contributed by atoms with Crippen LogP contribution in [0.25, 0.3) is 0 Å². The van der Waals surface area contributed by atoms with E-state index in [-0.39, 0.29) is 10.5 Å². The van der Waals surface area contributed by atoms with Gasteiger partial charge in [0.1, 0.15) is 5.75 Å². The number of amides is 1. The van der Waals surface area contributed by atoms with E-state index < -0.39 is 15.9 Å². The van der Waals surface area contributed by atoms with E-state index in [1.165, 1.54) is 24.3 Å². The van der Waals surface area contributed by atoms with Crippen LogP contribution >= 0.6 is 12.2 Å². The highest BCUT2D eigenvalue weighted by molar-refractivity contribution is 7.90. The maximum Gasteiger partial charge on any atom is 0.264 e. The number of ether oxygens (including phenoxy) is 1. The first kappa shape index (κ1) is 22.3. The summed E-state index contributed by atoms with van der Waals surface area (Å²) in [6, 6.07) is 21.4. The number of hydrogen-bond acceptors (Lipinski definition) is 5. The largest absolute Gasteiger partial charge is 0.494 e. The molecule has 0 unspecified atom stereocenters. The highest BCUT2D eigenvalue weighted by Gasteiger charge is 2.18. The Morgan fingerprint density at radius 3 is 1.97 bits per heavy atom. The number of thiocarbonyl (C=S) groups is 1. The first-order chi connectivity index (χ1) is 14.9. The number of carbonyl (C=O) groups excluding carboxylic acids is 1. The maximum absolute atomic E-state index is 12.5. The molecule has 1 amide bonds. The van der Waals surface area contributed by atoms with Gasteiger partial charge in [-0.1, -0.05) is 18.2 Å². The molecule has 3 aromatic carbocycles. The monoisotopic (exact) mass is 455 g/mol. The van der Waals surface area contributed by atoms with Crippen molar-refractivity contribution in [2.45, 2.75) is 11.8 Å². The molecule has 0 saturated carbocycles. The minimum Gasteiger partial charge on any atom is -0.494 e. The minimum atomic E-state index is -4.00. The van der Waals surface area contributed by atoms with E-state index in [4.69, 9.17) is 17.0 Å². The predicted molar refractivity (Wildman–Crippen MR) is 125 cm³/mol. The zero-order chi connectivity index (χ0) is 22.3. The van der Waals surface area contributed by atoms with Crippen LogP contribution in [0.15, 0.2) is 83.8 Å². The normalized spacial score (nSPS) is 10.7. The lowest BCUT2D eigenvalue weighted by atomic mass is 10.2. The van der Waals surface area contributed by atoms with Crippen LogP contribution < -0.4 is 20.1 Å². The van der Waals surface area contributed by atoms with E-state index in [2.05, 4.69) is 15.4 Å². The van der Waals surface area contributed by atoms with Gasteiger partial charge in [-0.3, -0.25) is 4.79 Å². The molecule has 3 aromatic rings. The highest BCUT2D eigenvalue weighted by Crippen LogP contribution is 2.17. The molecule has 0 aromatic heterocycles. The minimum absolute atomic E-state index is 0.0345. The molecule has 3 rings (SSSR count). The Balaban J connectivity index is 1.60. The number of nitrogens with one attached hydrogen (secondary N) is 3. The summed E-state index contributed by atoms with van der Waals surface area (Å²) >= 11 is 5.29. The maximum atomic E-state index is 12.5. The van der Waals surface area contributed by atoms with Gasteiger partial charge in [0.25, 0.3) is 15.9 Å². The molecule has 0 spiro atoms. The molecule has 3 N–H and O–H groups in total. The van der Waals surface area contributed by atoms with Crippen LogP contribution in [0.5, 0.6) is 5.75 Å². The second-order valence-corrected chi connectivity index (χ2v) is 8.45. The van der Waals surface area contributed by atoms with Crippen molar-refractivity contribution < 1.29 is 17.9 Å². The summed E-state index contributed by atoms with van der Waals surface area (Å²) in [5.74, 6) is 0.0756. The van der Waals surface area contributed by atoms with Gasteiger partial charge in [-0.25, -0.2) is 13.1 Å². The van der Waals surface area contributed by atoms with Gasteiger partial charge in [-0.15, -0.1) is 0 Å². The Hall–Kier alpha value is -3.43. The Morgan fingerprint density at radius 1 is 0.871 bits per heavy atom. The molecule has 0 fully saturated rings. The molecule has 0 aliphatic rings. The van der Waals surface area contributed by atoms with Crippen molar-refractivity contribution in [2.24, 2.45) is 0 Å². The Bertz CT molecular complexity index is 1150. The van der Waals surface area contributed by atoms with Gasteiger partial charge in [-0.2, -0.15) is 0 Å². The van der Waals surface area contributed by atoms with Crippen LogP contribution in [0, 0.1) is 0 Å². The Kier molecular flexibility index (Phi) is 7.22. The fourth-order valence-corrected chi connectivity index (χ4v) is 3.85. The number of rotatable bonds is 7. The summed E-state index contributed by atoms with van der Waals surface area (Å²) in [4.78, 5) is 12.1. The molecular weight excluding hydrogens is 434 g/mol. The average molecular weight is 456 g/mol. The molecular formula is C22H21N3O4S2. The third-order valence-corrected chi connectivity index (χ3v) is 5.66. The van der Waals surface area contributed by atoms with Crippen LogP contribution in [0.4, 0.5) is 11.4 Å². The van der Waals surface area contributed by atoms with Gasteiger partial charge in [0, 0.05) is 16.9 Å². The zero-order valence-electron chi connectivity index (χ0n) is 16.7. The molecule has 160 valence electrons. The van der Waals surface area contributed by atoms with E-state index in [0.29, 0.717) is 17.4 Å². The molecule has 0 atom stereocenters. The van der Waals surface area contributed by atoms with Crippen LogP contribution in [0.1, 0.15) is 17.3 Å². The first-order valence-corrected chi connectivity index (χ1v) is 11.3. The topological polar surface area (TPSA) is 96.5 Å². The number of anilines is 2. The SMILES string of the molecule is CCOc1ccc(NC(=S)Nc2ccc(S(=O)(=O)NC(=O)c3ccccc3)cc2)cc1. The number of carbonyl (C=O) groups is 1. The molecule has 0 saturated heterocycles. The Morgan fingerprint density at radius 2 is 1.42 bits per heavy atom. The predicted octanol–water partition coefficient (Wildman–Crippen LogP) is 4.01. The van der Waals surface area contributed by atoms with E-state index in [0.717, 1.165) is 11.4 Å². The van der Waals surface area contributed by atoms with Crippen LogP contribution in [-0.2, 0) is 10.0 Å². The average Bonchev–Trinajstić information content (AvgIpc) is 2.76. The van der Waals surface area contributed by atoms with Crippen LogP contribution in [0.2, 0.25) is 0 Å². The molecule has 31 heavy (non-hydrogen) atoms. The lowest BCUT2D eigenvalue weighted by Gasteiger charge is -2.12. The van der Waals surface area contributed by atoms with Gasteiger partial charge < -0.3 is 15.4 Å². The van der Waals surface area contributed by atoms with Gasteiger partial charge in [0.15, 0.2) is 5.11 Å². The van der Waals surface area contributed by atoms with Crippen molar-refractivity contribution in [3.05, 3.63) is 84.4 Å². The summed E-state index contributed by atoms with van der Waals surface area (Å²) in [5.41, 5.74) is 1.63. The molecule has 0 bridgehead atoms. The summed E-state index contributed by atoms with van der Waals surface area (Å²) in [6.45, 7) is 2.51. The smallest absolute Gasteiger partial charge is 0.264 e. The summed E-state index contributed by atoms with van der Waals surface area (Å²) < 4.78 is 32.4. The van der Waals surface area contributed by atoms with Crippen LogP contribution in [0.3, 0.4) is 0 Å². The highest BCUT2D eigenvalue weighted by atomic mass is 32.2. The van der Waals surface area contributed by atoms with Crippen molar-refractivity contribution in [3.63, 3.8) is 0 Å². The van der Waals surface area contributed by atoms with Gasteiger partial charge in [-0.05, 0) is 79.8 Å². The third-order valence-electron chi connectivity index (χ3n) is 4.11. The van der Waals surface area contributed by atoms with Gasteiger partial charge in [0.2, 0.25) is 0 Å². The molecule has 0 heterocycles. The van der Waals surface area contributed by atoms with Gasteiger partial charge >= 0.3 is 0 Å². The lowest BCUT2D eigenvalue weighted by molar-refractivity contribution is 0.0981. The van der Waals surface area contributed by atoms with Crippen LogP contribution in [-0.4, -0.2) is 26.0 Å². The van der Waals surface area contributed by atoms with E-state index in [1.807, 2.05) is 31.2 Å². The van der Waals surface area contributed by atoms with E-state index in [1.54, 1.807) is 30.3 Å². The number of sulfonamides is 1. The summed E-state index contributed by atoms with van der Waals surface area (Å²) in [7, 11) is -4.00. The molecule has 0 aliphatic heterocycles. The second-order valence-electron chi connectivity index (χ2n) is 6.36. The van der Waals surface area contributed by atoms with Crippen molar-refractivity contribution in [3.8, 4) is 5.75 Å². The van der Waals surface area contributed by atoms with Crippen molar-refractivity contribution in [1.29, 1.82) is 0 Å². The third kappa shape index (κ3) is 6.27. The zero-order valence-corrected chi connectivity index (χ0v) is 18.3.